The minimum Gasteiger partial charge on any atom is -0.345 e. The molecule has 0 aromatic heterocycles. The third kappa shape index (κ3) is 5.71. The van der Waals surface area contributed by atoms with Gasteiger partial charge in [-0.25, -0.2) is 0 Å². The molecular formula is C21H25Cl2N3O2. The molecule has 0 saturated carbocycles. The molecule has 2 amide bonds. The van der Waals surface area contributed by atoms with Crippen molar-refractivity contribution in [3.8, 4) is 0 Å². The molecule has 2 unspecified atom stereocenters. The topological polar surface area (TPSA) is 75.4 Å². The van der Waals surface area contributed by atoms with Gasteiger partial charge < -0.3 is 16.0 Å². The highest BCUT2D eigenvalue weighted by Gasteiger charge is 2.26. The van der Waals surface area contributed by atoms with Crippen molar-refractivity contribution in [3.05, 3.63) is 70.7 Å². The van der Waals surface area contributed by atoms with E-state index in [1.807, 2.05) is 30.3 Å². The largest absolute Gasteiger partial charge is 0.345 e. The summed E-state index contributed by atoms with van der Waals surface area (Å²) in [6.45, 7) is 1.28. The summed E-state index contributed by atoms with van der Waals surface area (Å²) in [5.74, 6) is -0.295. The average molecular weight is 422 g/mol. The average Bonchev–Trinajstić information content (AvgIpc) is 2.68. The molecule has 3 rings (SSSR count). The number of likely N-dealkylation sites (tertiary alicyclic amines) is 1. The number of nitrogens with one attached hydrogen (secondary N) is 1. The van der Waals surface area contributed by atoms with E-state index in [9.17, 15) is 9.59 Å². The van der Waals surface area contributed by atoms with Crippen LogP contribution in [0.25, 0.3) is 0 Å². The van der Waals surface area contributed by atoms with Gasteiger partial charge in [0.15, 0.2) is 0 Å². The summed E-state index contributed by atoms with van der Waals surface area (Å²) in [6, 6.07) is 16.0. The zero-order valence-corrected chi connectivity index (χ0v) is 17.1. The fraction of sp³-hybridized carbons (Fsp3) is 0.333. The molecule has 2 atom stereocenters. The second-order valence-corrected chi connectivity index (χ2v) is 7.27. The zero-order chi connectivity index (χ0) is 19.2. The molecule has 2 aromatic rings. The van der Waals surface area contributed by atoms with Gasteiger partial charge in [-0.3, -0.25) is 9.59 Å². The highest BCUT2D eigenvalue weighted by Crippen LogP contribution is 2.22. The van der Waals surface area contributed by atoms with Gasteiger partial charge in [-0.1, -0.05) is 54.1 Å². The molecule has 150 valence electrons. The number of benzene rings is 2. The molecule has 1 fully saturated rings. The summed E-state index contributed by atoms with van der Waals surface area (Å²) in [4.78, 5) is 27.3. The Morgan fingerprint density at radius 3 is 2.50 bits per heavy atom. The molecule has 0 radical (unpaired) electrons. The molecule has 1 heterocycles. The van der Waals surface area contributed by atoms with E-state index in [-0.39, 0.29) is 36.7 Å². The van der Waals surface area contributed by atoms with Crippen LogP contribution in [0.2, 0.25) is 5.02 Å². The minimum atomic E-state index is -0.430. The Bertz CT molecular complexity index is 801. The Morgan fingerprint density at radius 2 is 1.82 bits per heavy atom. The van der Waals surface area contributed by atoms with E-state index >= 15 is 0 Å². The highest BCUT2D eigenvalue weighted by molar-refractivity contribution is 6.33. The number of nitrogens with zero attached hydrogens (tertiary/aromatic N) is 1. The maximum Gasteiger partial charge on any atom is 0.253 e. The lowest BCUT2D eigenvalue weighted by molar-refractivity contribution is -0.132. The minimum absolute atomic E-state index is 0. The number of amides is 2. The van der Waals surface area contributed by atoms with Crippen LogP contribution in [0.3, 0.4) is 0 Å². The van der Waals surface area contributed by atoms with Gasteiger partial charge in [-0.15, -0.1) is 12.4 Å². The first-order chi connectivity index (χ1) is 13.0. The Kier molecular flexibility index (Phi) is 8.30. The summed E-state index contributed by atoms with van der Waals surface area (Å²) in [6.07, 6.45) is 2.04. The Morgan fingerprint density at radius 1 is 1.14 bits per heavy atom. The lowest BCUT2D eigenvalue weighted by Gasteiger charge is -2.32. The van der Waals surface area contributed by atoms with E-state index in [1.54, 1.807) is 29.2 Å². The molecular weight excluding hydrogens is 397 g/mol. The van der Waals surface area contributed by atoms with Crippen molar-refractivity contribution >= 4 is 35.8 Å². The van der Waals surface area contributed by atoms with E-state index in [0.717, 1.165) is 18.4 Å². The number of hydrogen-bond donors (Lipinski definition) is 2. The van der Waals surface area contributed by atoms with Crippen molar-refractivity contribution in [2.45, 2.75) is 31.3 Å². The summed E-state index contributed by atoms with van der Waals surface area (Å²) >= 11 is 6.14. The number of hydrogen-bond acceptors (Lipinski definition) is 3. The van der Waals surface area contributed by atoms with Crippen LogP contribution in [-0.4, -0.2) is 35.8 Å². The van der Waals surface area contributed by atoms with E-state index in [4.69, 9.17) is 17.3 Å². The number of carbonyl (C=O) groups excluding carboxylic acids is 2. The number of nitrogens with two attached hydrogens (primary N) is 1. The quantitative estimate of drug-likeness (QED) is 0.774. The number of carbonyl (C=O) groups is 2. The fourth-order valence-corrected chi connectivity index (χ4v) is 3.58. The van der Waals surface area contributed by atoms with E-state index in [2.05, 4.69) is 5.32 Å². The van der Waals surface area contributed by atoms with Gasteiger partial charge in [0.05, 0.1) is 23.0 Å². The predicted octanol–water partition coefficient (Wildman–Crippen LogP) is 3.57. The van der Waals surface area contributed by atoms with Crippen LogP contribution in [0.15, 0.2) is 54.6 Å². The highest BCUT2D eigenvalue weighted by atomic mass is 35.5. The molecule has 3 N–H and O–H groups in total. The van der Waals surface area contributed by atoms with E-state index in [1.165, 1.54) is 0 Å². The van der Waals surface area contributed by atoms with Crippen LogP contribution in [-0.2, 0) is 4.79 Å². The Hall–Kier alpha value is -2.08. The molecule has 0 bridgehead atoms. The maximum absolute atomic E-state index is 12.8. The standard InChI is InChI=1S/C21H24ClN3O2.ClH/c22-18-11-5-4-10-17(18)21(27)24-19(15-7-2-1-3-8-15)13-20(26)25-12-6-9-16(23)14-25;/h1-5,7-8,10-11,16,19H,6,9,12-14,23H2,(H,24,27);1H. The first-order valence-corrected chi connectivity index (χ1v) is 9.56. The summed E-state index contributed by atoms with van der Waals surface area (Å²) in [5.41, 5.74) is 7.28. The second kappa shape index (κ2) is 10.5. The van der Waals surface area contributed by atoms with Crippen molar-refractivity contribution in [1.29, 1.82) is 0 Å². The monoisotopic (exact) mass is 421 g/mol. The SMILES string of the molecule is Cl.NC1CCCN(C(=O)CC(NC(=O)c2ccccc2Cl)c2ccccc2)C1. The van der Waals surface area contributed by atoms with Gasteiger partial charge in [0.2, 0.25) is 5.91 Å². The lowest BCUT2D eigenvalue weighted by atomic mass is 10.0. The molecule has 1 saturated heterocycles. The number of rotatable bonds is 5. The van der Waals surface area contributed by atoms with Crippen LogP contribution >= 0.6 is 24.0 Å². The fourth-order valence-electron chi connectivity index (χ4n) is 3.36. The molecule has 1 aliphatic rings. The molecule has 0 spiro atoms. The number of piperidine rings is 1. The molecule has 1 aliphatic heterocycles. The van der Waals surface area contributed by atoms with Gasteiger partial charge in [0, 0.05) is 19.1 Å². The Balaban J connectivity index is 0.00000280. The Labute approximate surface area is 176 Å². The molecule has 7 heteroatoms. The predicted molar refractivity (Wildman–Crippen MR) is 114 cm³/mol. The second-order valence-electron chi connectivity index (χ2n) is 6.86. The van der Waals surface area contributed by atoms with E-state index < -0.39 is 6.04 Å². The summed E-state index contributed by atoms with van der Waals surface area (Å²) < 4.78 is 0. The van der Waals surface area contributed by atoms with Crippen LogP contribution in [0.1, 0.15) is 41.2 Å². The zero-order valence-electron chi connectivity index (χ0n) is 15.5. The van der Waals surface area contributed by atoms with Crippen molar-refractivity contribution in [2.24, 2.45) is 5.73 Å². The van der Waals surface area contributed by atoms with Crippen molar-refractivity contribution in [1.82, 2.24) is 10.2 Å². The summed E-state index contributed by atoms with van der Waals surface area (Å²) in [5, 5.41) is 3.35. The first kappa shape index (κ1) is 22.2. The van der Waals surface area contributed by atoms with Gasteiger partial charge in [0.1, 0.15) is 0 Å². The third-order valence-electron chi connectivity index (χ3n) is 4.82. The van der Waals surface area contributed by atoms with Gasteiger partial charge >= 0.3 is 0 Å². The third-order valence-corrected chi connectivity index (χ3v) is 5.14. The van der Waals surface area contributed by atoms with Gasteiger partial charge in [0.25, 0.3) is 5.91 Å². The molecule has 5 nitrogen and oxygen atoms in total. The van der Waals surface area contributed by atoms with Crippen LogP contribution < -0.4 is 11.1 Å². The van der Waals surface area contributed by atoms with Gasteiger partial charge in [-0.05, 0) is 30.5 Å². The van der Waals surface area contributed by atoms with Crippen molar-refractivity contribution < 1.29 is 9.59 Å². The molecule has 28 heavy (non-hydrogen) atoms. The lowest BCUT2D eigenvalue weighted by Crippen LogP contribution is -2.46. The molecule has 0 aliphatic carbocycles. The first-order valence-electron chi connectivity index (χ1n) is 9.18. The van der Waals surface area contributed by atoms with Crippen molar-refractivity contribution in [3.63, 3.8) is 0 Å². The van der Waals surface area contributed by atoms with Crippen LogP contribution in [0.5, 0.6) is 0 Å². The van der Waals surface area contributed by atoms with E-state index in [0.29, 0.717) is 23.7 Å². The summed E-state index contributed by atoms with van der Waals surface area (Å²) in [7, 11) is 0. The van der Waals surface area contributed by atoms with Crippen LogP contribution in [0, 0.1) is 0 Å². The van der Waals surface area contributed by atoms with Crippen LogP contribution in [0.4, 0.5) is 0 Å². The normalized spacial score (nSPS) is 17.4. The molecule has 2 aromatic carbocycles. The maximum atomic E-state index is 12.8. The number of halogens is 2. The van der Waals surface area contributed by atoms with Gasteiger partial charge in [-0.2, -0.15) is 0 Å². The van der Waals surface area contributed by atoms with Crippen molar-refractivity contribution in [2.75, 3.05) is 13.1 Å². The smallest absolute Gasteiger partial charge is 0.253 e.